The van der Waals surface area contributed by atoms with Crippen molar-refractivity contribution >= 4 is 27.8 Å². The fourth-order valence-electron chi connectivity index (χ4n) is 2.12. The Labute approximate surface area is 132 Å². The van der Waals surface area contributed by atoms with Crippen LogP contribution in [0, 0.1) is 5.92 Å². The number of halogens is 1. The van der Waals surface area contributed by atoms with E-state index in [0.717, 1.165) is 12.8 Å². The van der Waals surface area contributed by atoms with Crippen molar-refractivity contribution in [2.75, 3.05) is 13.7 Å². The van der Waals surface area contributed by atoms with E-state index in [2.05, 4.69) is 15.9 Å². The number of nitrogens with zero attached hydrogens (tertiary/aromatic N) is 1. The number of carboxylic acids is 1. The lowest BCUT2D eigenvalue weighted by Gasteiger charge is -2.24. The molecule has 1 atom stereocenters. The Hall–Kier alpha value is -1.56. The highest BCUT2D eigenvalue weighted by Crippen LogP contribution is 2.31. The Bertz CT molecular complexity index is 557. The molecule has 1 N–H and O–H groups in total. The summed E-state index contributed by atoms with van der Waals surface area (Å²) < 4.78 is 5.85. The van der Waals surface area contributed by atoms with Gasteiger partial charge in [-0.15, -0.1) is 0 Å². The smallest absolute Gasteiger partial charge is 0.308 e. The van der Waals surface area contributed by atoms with E-state index in [9.17, 15) is 9.59 Å². The predicted molar refractivity (Wildman–Crippen MR) is 81.6 cm³/mol. The van der Waals surface area contributed by atoms with E-state index >= 15 is 0 Å². The molecular weight excluding hydrogens is 338 g/mol. The van der Waals surface area contributed by atoms with Crippen LogP contribution in [0.25, 0.3) is 0 Å². The molecule has 1 aromatic rings. The molecule has 21 heavy (non-hydrogen) atoms. The van der Waals surface area contributed by atoms with Crippen LogP contribution < -0.4 is 4.74 Å². The van der Waals surface area contributed by atoms with Gasteiger partial charge in [-0.2, -0.15) is 0 Å². The van der Waals surface area contributed by atoms with Gasteiger partial charge in [-0.3, -0.25) is 9.59 Å². The van der Waals surface area contributed by atoms with E-state index in [1.54, 1.807) is 37.1 Å². The first kappa shape index (κ1) is 15.8. The van der Waals surface area contributed by atoms with E-state index in [4.69, 9.17) is 9.84 Å². The molecule has 1 unspecified atom stereocenters. The summed E-state index contributed by atoms with van der Waals surface area (Å²) in [6.07, 6.45) is 1.88. The molecule has 0 heterocycles. The third-order valence-electron chi connectivity index (χ3n) is 3.54. The average molecular weight is 356 g/mol. The molecule has 0 spiro atoms. The average Bonchev–Trinajstić information content (AvgIpc) is 3.28. The highest BCUT2D eigenvalue weighted by molar-refractivity contribution is 9.10. The Morgan fingerprint density at radius 2 is 2.14 bits per heavy atom. The van der Waals surface area contributed by atoms with Crippen LogP contribution in [-0.4, -0.2) is 41.6 Å². The quantitative estimate of drug-likeness (QED) is 0.851. The van der Waals surface area contributed by atoms with Crippen molar-refractivity contribution in [3.05, 3.63) is 28.2 Å². The summed E-state index contributed by atoms with van der Waals surface area (Å²) in [6, 6.07) is 5.30. The topological polar surface area (TPSA) is 66.8 Å². The van der Waals surface area contributed by atoms with Crippen LogP contribution in [0.4, 0.5) is 0 Å². The molecule has 2 rings (SSSR count). The first-order chi connectivity index (χ1) is 9.93. The van der Waals surface area contributed by atoms with Gasteiger partial charge in [0.15, 0.2) is 0 Å². The van der Waals surface area contributed by atoms with Crippen LogP contribution in [-0.2, 0) is 4.79 Å². The van der Waals surface area contributed by atoms with Crippen LogP contribution in [0.15, 0.2) is 22.7 Å². The van der Waals surface area contributed by atoms with Crippen molar-refractivity contribution in [2.45, 2.75) is 25.8 Å². The second-order valence-electron chi connectivity index (χ2n) is 5.28. The number of rotatable bonds is 6. The van der Waals surface area contributed by atoms with Gasteiger partial charge in [0, 0.05) is 18.2 Å². The minimum absolute atomic E-state index is 0.131. The summed E-state index contributed by atoms with van der Waals surface area (Å²) in [7, 11) is 1.56. The zero-order valence-corrected chi connectivity index (χ0v) is 13.6. The predicted octanol–water partition coefficient (Wildman–Crippen LogP) is 2.78. The molecule has 6 heteroatoms. The Morgan fingerprint density at radius 1 is 1.48 bits per heavy atom. The second-order valence-corrected chi connectivity index (χ2v) is 6.13. The summed E-state index contributed by atoms with van der Waals surface area (Å²) in [5.41, 5.74) is 0.534. The minimum Gasteiger partial charge on any atom is -0.496 e. The number of carboxylic acid groups (broad SMARTS) is 1. The van der Waals surface area contributed by atoms with E-state index in [1.165, 1.54) is 0 Å². The third kappa shape index (κ3) is 3.75. The van der Waals surface area contributed by atoms with Gasteiger partial charge in [0.05, 0.1) is 17.5 Å². The summed E-state index contributed by atoms with van der Waals surface area (Å²) in [6.45, 7) is 1.86. The van der Waals surface area contributed by atoms with Crippen LogP contribution in [0.2, 0.25) is 0 Å². The number of aliphatic carboxylic acids is 1. The second kappa shape index (κ2) is 6.47. The number of methoxy groups -OCH3 is 1. The molecule has 0 saturated heterocycles. The molecule has 0 aliphatic heterocycles. The molecular formula is C15H18BrNO4. The molecule has 1 aliphatic rings. The number of carbonyl (C=O) groups is 2. The van der Waals surface area contributed by atoms with E-state index in [1.807, 2.05) is 0 Å². The molecule has 1 saturated carbocycles. The molecule has 114 valence electrons. The first-order valence-corrected chi connectivity index (χ1v) is 7.60. The molecule has 1 fully saturated rings. The lowest BCUT2D eigenvalue weighted by molar-refractivity contribution is -0.141. The molecule has 0 aromatic heterocycles. The highest BCUT2D eigenvalue weighted by atomic mass is 79.9. The van der Waals surface area contributed by atoms with Crippen LogP contribution in [0.3, 0.4) is 0 Å². The van der Waals surface area contributed by atoms with E-state index < -0.39 is 11.9 Å². The standard InChI is InChI=1S/C15H18BrNO4/c1-9(15(19)20)8-17(11-4-5-11)14(18)10-3-6-13(21-2)12(16)7-10/h3,6-7,9,11H,4-5,8H2,1-2H3,(H,19,20). The number of hydrogen-bond donors (Lipinski definition) is 1. The van der Waals surface area contributed by atoms with Crippen molar-refractivity contribution in [1.29, 1.82) is 0 Å². The molecule has 0 radical (unpaired) electrons. The van der Waals surface area contributed by atoms with Gasteiger partial charge in [-0.1, -0.05) is 6.92 Å². The van der Waals surface area contributed by atoms with Crippen molar-refractivity contribution in [1.82, 2.24) is 4.90 Å². The third-order valence-corrected chi connectivity index (χ3v) is 4.16. The van der Waals surface area contributed by atoms with Gasteiger partial charge < -0.3 is 14.7 Å². The van der Waals surface area contributed by atoms with Crippen molar-refractivity contribution in [3.63, 3.8) is 0 Å². The van der Waals surface area contributed by atoms with Crippen LogP contribution in [0.5, 0.6) is 5.75 Å². The fourth-order valence-corrected chi connectivity index (χ4v) is 2.66. The molecule has 1 aliphatic carbocycles. The summed E-state index contributed by atoms with van der Waals surface area (Å²) in [4.78, 5) is 25.3. The Kier molecular flexibility index (Phi) is 4.88. The molecule has 0 bridgehead atoms. The SMILES string of the molecule is COc1ccc(C(=O)N(CC(C)C(=O)O)C2CC2)cc1Br. The first-order valence-electron chi connectivity index (χ1n) is 6.81. The molecule has 1 aromatic carbocycles. The Balaban J connectivity index is 2.18. The number of hydrogen-bond acceptors (Lipinski definition) is 3. The van der Waals surface area contributed by atoms with Gasteiger partial charge in [0.25, 0.3) is 5.91 Å². The maximum absolute atomic E-state index is 12.6. The van der Waals surface area contributed by atoms with Gasteiger partial charge in [-0.25, -0.2) is 0 Å². The maximum atomic E-state index is 12.6. The molecule has 1 amide bonds. The highest BCUT2D eigenvalue weighted by Gasteiger charge is 2.35. The van der Waals surface area contributed by atoms with Crippen molar-refractivity contribution < 1.29 is 19.4 Å². The van der Waals surface area contributed by atoms with Crippen LogP contribution in [0.1, 0.15) is 30.1 Å². The summed E-state index contributed by atoms with van der Waals surface area (Å²) in [5.74, 6) is -0.932. The summed E-state index contributed by atoms with van der Waals surface area (Å²) in [5, 5.41) is 9.04. The maximum Gasteiger partial charge on any atom is 0.308 e. The van der Waals surface area contributed by atoms with E-state index in [0.29, 0.717) is 15.8 Å². The number of ether oxygens (including phenoxy) is 1. The summed E-state index contributed by atoms with van der Waals surface area (Å²) >= 11 is 3.36. The van der Waals surface area contributed by atoms with Gasteiger partial charge in [0.2, 0.25) is 0 Å². The van der Waals surface area contributed by atoms with Crippen molar-refractivity contribution in [2.24, 2.45) is 5.92 Å². The lowest BCUT2D eigenvalue weighted by Crippen LogP contribution is -2.38. The number of amides is 1. The Morgan fingerprint density at radius 3 is 2.62 bits per heavy atom. The normalized spacial score (nSPS) is 15.4. The van der Waals surface area contributed by atoms with Crippen LogP contribution >= 0.6 is 15.9 Å². The number of benzene rings is 1. The zero-order chi connectivity index (χ0) is 15.6. The van der Waals surface area contributed by atoms with Gasteiger partial charge in [-0.05, 0) is 47.0 Å². The van der Waals surface area contributed by atoms with E-state index in [-0.39, 0.29) is 18.5 Å². The monoisotopic (exact) mass is 355 g/mol. The molecule has 5 nitrogen and oxygen atoms in total. The van der Waals surface area contributed by atoms with Gasteiger partial charge in [0.1, 0.15) is 5.75 Å². The zero-order valence-electron chi connectivity index (χ0n) is 12.0. The lowest BCUT2D eigenvalue weighted by atomic mass is 10.1. The fraction of sp³-hybridized carbons (Fsp3) is 0.467. The largest absolute Gasteiger partial charge is 0.496 e. The van der Waals surface area contributed by atoms with Gasteiger partial charge >= 0.3 is 5.97 Å². The minimum atomic E-state index is -0.885. The van der Waals surface area contributed by atoms with Crippen molar-refractivity contribution in [3.8, 4) is 5.75 Å². The number of carbonyl (C=O) groups excluding carboxylic acids is 1.